The quantitative estimate of drug-likeness (QED) is 0.276. The predicted molar refractivity (Wildman–Crippen MR) is 114 cm³/mol. The van der Waals surface area contributed by atoms with Crippen LogP contribution in [0.25, 0.3) is 16.7 Å². The first-order chi connectivity index (χ1) is 13.3. The Hall–Kier alpha value is -2.71. The minimum Gasteiger partial charge on any atom is -0.261 e. The van der Waals surface area contributed by atoms with E-state index in [4.69, 9.17) is 5.10 Å². The van der Waals surface area contributed by atoms with Crippen molar-refractivity contribution in [3.8, 4) is 5.69 Å². The lowest BCUT2D eigenvalue weighted by Crippen LogP contribution is -1.99. The summed E-state index contributed by atoms with van der Waals surface area (Å²) in [7, 11) is 0. The first kappa shape index (κ1) is 17.7. The molecule has 0 atom stereocenters. The summed E-state index contributed by atoms with van der Waals surface area (Å²) >= 11 is 4.98. The van der Waals surface area contributed by atoms with Gasteiger partial charge in [0.05, 0.1) is 17.3 Å². The first-order valence-electron chi connectivity index (χ1n) is 8.14. The number of halogens is 1. The van der Waals surface area contributed by atoms with Crippen molar-refractivity contribution >= 4 is 50.8 Å². The normalized spacial score (nSPS) is 11.3. The summed E-state index contributed by atoms with van der Waals surface area (Å²) in [6.07, 6.45) is 5.25. The molecule has 2 heterocycles. The van der Waals surface area contributed by atoms with Crippen molar-refractivity contribution in [1.82, 2.24) is 19.7 Å². The highest BCUT2D eigenvalue weighted by atomic mass is 79.9. The van der Waals surface area contributed by atoms with Gasteiger partial charge in [-0.25, -0.2) is 14.6 Å². The van der Waals surface area contributed by atoms with Gasteiger partial charge in [0, 0.05) is 4.47 Å². The number of hydrogen-bond acceptors (Lipinski definition) is 6. The van der Waals surface area contributed by atoms with Crippen LogP contribution in [-0.4, -0.2) is 32.2 Å². The molecule has 6 nitrogen and oxygen atoms in total. The second-order valence-corrected chi connectivity index (χ2v) is 7.31. The van der Waals surface area contributed by atoms with E-state index in [9.17, 15) is 0 Å². The zero-order valence-corrected chi connectivity index (χ0v) is 16.8. The van der Waals surface area contributed by atoms with Crippen LogP contribution in [-0.2, 0) is 0 Å². The van der Waals surface area contributed by atoms with Gasteiger partial charge in [0.1, 0.15) is 11.4 Å². The number of rotatable bonds is 5. The van der Waals surface area contributed by atoms with Crippen molar-refractivity contribution < 1.29 is 0 Å². The van der Waals surface area contributed by atoms with Crippen LogP contribution in [0.3, 0.4) is 0 Å². The van der Waals surface area contributed by atoms with E-state index in [1.54, 1.807) is 18.0 Å². The molecule has 0 aliphatic carbocycles. The van der Waals surface area contributed by atoms with Gasteiger partial charge >= 0.3 is 0 Å². The molecule has 0 spiro atoms. The van der Waals surface area contributed by atoms with E-state index < -0.39 is 0 Å². The zero-order valence-electron chi connectivity index (χ0n) is 14.4. The molecular formula is C19H15BrN6S. The molecule has 4 aromatic rings. The third-order valence-electron chi connectivity index (χ3n) is 3.88. The number of hydrazone groups is 1. The molecule has 134 valence electrons. The highest BCUT2D eigenvalue weighted by Gasteiger charge is 2.17. The van der Waals surface area contributed by atoms with E-state index in [0.29, 0.717) is 5.82 Å². The maximum absolute atomic E-state index is 4.69. The number of benzene rings is 2. The molecule has 27 heavy (non-hydrogen) atoms. The van der Waals surface area contributed by atoms with Crippen LogP contribution in [0.4, 0.5) is 5.82 Å². The largest absolute Gasteiger partial charge is 0.261 e. The van der Waals surface area contributed by atoms with Crippen molar-refractivity contribution in [2.45, 2.75) is 5.03 Å². The van der Waals surface area contributed by atoms with E-state index >= 15 is 0 Å². The Balaban J connectivity index is 1.71. The van der Waals surface area contributed by atoms with Crippen LogP contribution in [0.1, 0.15) is 5.56 Å². The van der Waals surface area contributed by atoms with Gasteiger partial charge in [-0.3, -0.25) is 5.43 Å². The SMILES string of the molecule is CSc1nn(-c2ccccc2)c2ncnc(N/N=C/c3ccc(Br)cc3)c12. The molecule has 0 aliphatic rings. The van der Waals surface area contributed by atoms with E-state index in [1.165, 1.54) is 6.33 Å². The van der Waals surface area contributed by atoms with Crippen molar-refractivity contribution in [3.05, 3.63) is 71.0 Å². The second-order valence-electron chi connectivity index (χ2n) is 5.60. The fourth-order valence-corrected chi connectivity index (χ4v) is 3.44. The van der Waals surface area contributed by atoms with Gasteiger partial charge in [-0.2, -0.15) is 10.2 Å². The number of nitrogens with one attached hydrogen (secondary N) is 1. The van der Waals surface area contributed by atoms with Crippen LogP contribution in [0.2, 0.25) is 0 Å². The van der Waals surface area contributed by atoms with Gasteiger partial charge in [-0.15, -0.1) is 11.8 Å². The molecule has 0 saturated carbocycles. The van der Waals surface area contributed by atoms with Crippen LogP contribution in [0.15, 0.2) is 75.5 Å². The number of fused-ring (bicyclic) bond motifs is 1. The summed E-state index contributed by atoms with van der Waals surface area (Å²) in [5, 5.41) is 10.7. The monoisotopic (exact) mass is 438 g/mol. The maximum atomic E-state index is 4.69. The standard InChI is InChI=1S/C19H15BrN6S/c1-27-19-16-17(24-23-11-13-7-9-14(20)10-8-13)21-12-22-18(16)26(25-19)15-5-3-2-4-6-15/h2-12H,1H3,(H,21,22,24)/b23-11+. The first-order valence-corrected chi connectivity index (χ1v) is 10.2. The topological polar surface area (TPSA) is 68.0 Å². The van der Waals surface area contributed by atoms with Gasteiger partial charge < -0.3 is 0 Å². The van der Waals surface area contributed by atoms with Crippen molar-refractivity contribution in [2.75, 3.05) is 11.7 Å². The average Bonchev–Trinajstić information content (AvgIpc) is 3.10. The van der Waals surface area contributed by atoms with Crippen molar-refractivity contribution in [2.24, 2.45) is 5.10 Å². The fraction of sp³-hybridized carbons (Fsp3) is 0.0526. The van der Waals surface area contributed by atoms with Crippen LogP contribution in [0.5, 0.6) is 0 Å². The van der Waals surface area contributed by atoms with Gasteiger partial charge in [0.15, 0.2) is 11.5 Å². The third kappa shape index (κ3) is 3.72. The number of aromatic nitrogens is 4. The van der Waals surface area contributed by atoms with E-state index in [-0.39, 0.29) is 0 Å². The van der Waals surface area contributed by atoms with E-state index in [0.717, 1.165) is 31.8 Å². The van der Waals surface area contributed by atoms with Gasteiger partial charge in [0.2, 0.25) is 0 Å². The summed E-state index contributed by atoms with van der Waals surface area (Å²) in [6, 6.07) is 17.8. The van der Waals surface area contributed by atoms with Crippen molar-refractivity contribution in [3.63, 3.8) is 0 Å². The van der Waals surface area contributed by atoms with Crippen molar-refractivity contribution in [1.29, 1.82) is 0 Å². The molecule has 0 bridgehead atoms. The Morgan fingerprint density at radius 3 is 2.59 bits per heavy atom. The molecule has 4 rings (SSSR count). The number of para-hydroxylation sites is 1. The van der Waals surface area contributed by atoms with Gasteiger partial charge in [-0.05, 0) is 36.1 Å². The number of nitrogens with zero attached hydrogens (tertiary/aromatic N) is 5. The summed E-state index contributed by atoms with van der Waals surface area (Å²) in [6.45, 7) is 0. The minimum atomic E-state index is 0.625. The predicted octanol–water partition coefficient (Wildman–Crippen LogP) is 4.75. The second kappa shape index (κ2) is 7.89. The Labute approximate surface area is 168 Å². The average molecular weight is 439 g/mol. The lowest BCUT2D eigenvalue weighted by atomic mass is 10.2. The summed E-state index contributed by atoms with van der Waals surface area (Å²) in [5.74, 6) is 0.625. The van der Waals surface area contributed by atoms with Crippen LogP contribution >= 0.6 is 27.7 Å². The van der Waals surface area contributed by atoms with E-state index in [1.807, 2.05) is 65.5 Å². The highest BCUT2D eigenvalue weighted by molar-refractivity contribution is 9.10. The molecule has 2 aromatic carbocycles. The molecular weight excluding hydrogens is 424 g/mol. The fourth-order valence-electron chi connectivity index (χ4n) is 2.62. The molecule has 2 aromatic heterocycles. The summed E-state index contributed by atoms with van der Waals surface area (Å²) < 4.78 is 2.86. The minimum absolute atomic E-state index is 0.625. The van der Waals surface area contributed by atoms with Crippen LogP contribution in [0, 0.1) is 0 Å². The summed E-state index contributed by atoms with van der Waals surface area (Å²) in [4.78, 5) is 8.80. The van der Waals surface area contributed by atoms with Gasteiger partial charge in [0.25, 0.3) is 0 Å². The molecule has 0 fully saturated rings. The summed E-state index contributed by atoms with van der Waals surface area (Å²) in [5.41, 5.74) is 5.71. The van der Waals surface area contributed by atoms with E-state index in [2.05, 4.69) is 36.4 Å². The highest BCUT2D eigenvalue weighted by Crippen LogP contribution is 2.31. The lowest BCUT2D eigenvalue weighted by Gasteiger charge is -2.03. The molecule has 0 amide bonds. The Bertz CT molecular complexity index is 1090. The lowest BCUT2D eigenvalue weighted by molar-refractivity contribution is 0.852. The Kier molecular flexibility index (Phi) is 5.17. The maximum Gasteiger partial charge on any atom is 0.169 e. The number of hydrogen-bond donors (Lipinski definition) is 1. The number of thioether (sulfide) groups is 1. The van der Waals surface area contributed by atoms with Crippen LogP contribution < -0.4 is 5.43 Å². The number of anilines is 1. The van der Waals surface area contributed by atoms with Gasteiger partial charge in [-0.1, -0.05) is 46.3 Å². The molecule has 1 N–H and O–H groups in total. The molecule has 0 radical (unpaired) electrons. The molecule has 0 saturated heterocycles. The zero-order chi connectivity index (χ0) is 18.6. The molecule has 8 heteroatoms. The smallest absolute Gasteiger partial charge is 0.169 e. The Morgan fingerprint density at radius 1 is 1.07 bits per heavy atom. The molecule has 0 unspecified atom stereocenters. The Morgan fingerprint density at radius 2 is 1.85 bits per heavy atom. The molecule has 0 aliphatic heterocycles. The third-order valence-corrected chi connectivity index (χ3v) is 5.08.